The fraction of sp³-hybridized carbons (Fsp3) is 0.333. The molecule has 0 nitrogen and oxygen atoms in total. The van der Waals surface area contributed by atoms with Crippen LogP contribution in [0.25, 0.3) is 43.8 Å². The first-order valence-corrected chi connectivity index (χ1v) is 26.2. The van der Waals surface area contributed by atoms with Gasteiger partial charge in [-0.15, -0.1) is 69.1 Å². The van der Waals surface area contributed by atoms with Gasteiger partial charge in [0, 0.05) is 9.52 Å². The van der Waals surface area contributed by atoms with Gasteiger partial charge in [0.25, 0.3) is 0 Å². The van der Waals surface area contributed by atoms with Crippen molar-refractivity contribution in [3.8, 4) is 22.3 Å². The fourth-order valence-corrected chi connectivity index (χ4v) is 6.85. The monoisotopic (exact) mass is 780 g/mol. The minimum atomic E-state index is -0.826. The number of fused-ring (bicyclic) bond motifs is 2. The number of hydrogen-bond acceptors (Lipinski definition) is 0. The first-order chi connectivity index (χ1) is 23.7. The van der Waals surface area contributed by atoms with Gasteiger partial charge in [0.1, 0.15) is 0 Å². The van der Waals surface area contributed by atoms with Crippen LogP contribution in [0.2, 0.25) is 13.1 Å². The van der Waals surface area contributed by atoms with Gasteiger partial charge in [0.15, 0.2) is 0 Å². The molecule has 6 aromatic rings. The standard InChI is InChI=1S/C23H25.C20H21.C2H6Si.2ClH.Zr/c1-16(2)17-10-12-19(13-11-17)22-9-5-8-20-14-21(15-23(20)22)18-6-3-4-7-18;1-4-15-12-18-6-5-7-19(20(18)13-15)17-10-8-16(9-11-17)14(2)3;1-3-2;;;/h5,8-16,18H,3-4,6-7H2,1-2H3;5-14H,4H2,1-3H3;1-2H3;2*1H;/q2*-1;;;;+4/p-2. The van der Waals surface area contributed by atoms with E-state index in [0.29, 0.717) is 11.8 Å². The number of aryl methyl sites for hydroxylation is 1. The quantitative estimate of drug-likeness (QED) is 0.117. The van der Waals surface area contributed by atoms with Gasteiger partial charge in [-0.1, -0.05) is 132 Å². The van der Waals surface area contributed by atoms with Crippen molar-refractivity contribution in [2.75, 3.05) is 0 Å². The van der Waals surface area contributed by atoms with Crippen molar-refractivity contribution < 1.29 is 20.8 Å². The van der Waals surface area contributed by atoms with Crippen LogP contribution in [0, 0.1) is 0 Å². The molecular weight excluding hydrogens is 731 g/mol. The van der Waals surface area contributed by atoms with Crippen LogP contribution in [0.3, 0.4) is 0 Å². The van der Waals surface area contributed by atoms with E-state index in [1.807, 2.05) is 0 Å². The molecule has 0 N–H and O–H groups in total. The van der Waals surface area contributed by atoms with Crippen molar-refractivity contribution >= 4 is 48.1 Å². The summed E-state index contributed by atoms with van der Waals surface area (Å²) in [6.07, 6.45) is 6.63. The minimum absolute atomic E-state index is 0.588. The van der Waals surface area contributed by atoms with Crippen molar-refractivity contribution in [2.24, 2.45) is 0 Å². The summed E-state index contributed by atoms with van der Waals surface area (Å²) in [5, 5.41) is 5.55. The average molecular weight is 783 g/mol. The van der Waals surface area contributed by atoms with Gasteiger partial charge in [0.2, 0.25) is 0 Å². The fourth-order valence-electron chi connectivity index (χ4n) is 6.85. The zero-order valence-corrected chi connectivity index (χ0v) is 35.4. The van der Waals surface area contributed by atoms with Gasteiger partial charge in [-0.2, -0.15) is 12.1 Å². The van der Waals surface area contributed by atoms with Gasteiger partial charge >= 0.3 is 37.9 Å². The van der Waals surface area contributed by atoms with Crippen molar-refractivity contribution in [1.29, 1.82) is 0 Å². The molecule has 0 atom stereocenters. The summed E-state index contributed by atoms with van der Waals surface area (Å²) < 4.78 is 0. The van der Waals surface area contributed by atoms with Gasteiger partial charge in [0.05, 0.1) is 0 Å². The van der Waals surface area contributed by atoms with Crippen molar-refractivity contribution in [3.63, 3.8) is 0 Å². The summed E-state index contributed by atoms with van der Waals surface area (Å²) in [5.74, 6) is 1.97. The predicted octanol–water partition coefficient (Wildman–Crippen LogP) is 15.1. The molecule has 0 spiro atoms. The topological polar surface area (TPSA) is 0 Å². The molecule has 0 aromatic heterocycles. The molecule has 0 saturated heterocycles. The zero-order chi connectivity index (χ0) is 35.3. The Morgan fingerprint density at radius 3 is 1.53 bits per heavy atom. The third kappa shape index (κ3) is 10.6. The third-order valence-electron chi connectivity index (χ3n) is 9.60. The van der Waals surface area contributed by atoms with Crippen molar-refractivity contribution in [3.05, 3.63) is 131 Å². The Hall–Kier alpha value is -2.22. The van der Waals surface area contributed by atoms with Crippen LogP contribution in [0.4, 0.5) is 0 Å². The third-order valence-corrected chi connectivity index (χ3v) is 9.60. The summed E-state index contributed by atoms with van der Waals surface area (Å²) in [6, 6.07) is 41.0. The number of hydrogen-bond donors (Lipinski definition) is 0. The number of halogens is 2. The molecule has 1 fully saturated rings. The first kappa shape index (κ1) is 39.6. The van der Waals surface area contributed by atoms with E-state index >= 15 is 0 Å². The van der Waals surface area contributed by atoms with Crippen LogP contribution in [0.15, 0.2) is 109 Å². The molecule has 2 radical (unpaired) electrons. The summed E-state index contributed by atoms with van der Waals surface area (Å²) >= 11 is -0.826. The number of rotatable bonds is 6. The summed E-state index contributed by atoms with van der Waals surface area (Å²) in [6.45, 7) is 15.5. The van der Waals surface area contributed by atoms with Gasteiger partial charge in [-0.25, -0.2) is 0 Å². The Bertz CT molecular complexity index is 1840. The van der Waals surface area contributed by atoms with Gasteiger partial charge < -0.3 is 0 Å². The molecule has 0 aliphatic heterocycles. The second-order valence-corrected chi connectivity index (χ2v) is 18.5. The van der Waals surface area contributed by atoms with Gasteiger partial charge in [-0.3, -0.25) is 0 Å². The Labute approximate surface area is 317 Å². The molecule has 1 saturated carbocycles. The zero-order valence-electron chi connectivity index (χ0n) is 30.4. The molecule has 7 rings (SSSR count). The van der Waals surface area contributed by atoms with Crippen molar-refractivity contribution in [2.45, 2.75) is 97.6 Å². The average Bonchev–Trinajstić information content (AvgIpc) is 3.89. The van der Waals surface area contributed by atoms with Crippen molar-refractivity contribution in [1.82, 2.24) is 0 Å². The summed E-state index contributed by atoms with van der Waals surface area (Å²) in [7, 11) is 11.0. The molecule has 0 unspecified atom stereocenters. The van der Waals surface area contributed by atoms with Crippen LogP contribution in [-0.2, 0) is 27.3 Å². The summed E-state index contributed by atoms with van der Waals surface area (Å²) in [5.41, 5.74) is 11.2. The number of benzene rings is 4. The van der Waals surface area contributed by atoms with Crippen LogP contribution in [-0.4, -0.2) is 9.52 Å². The second kappa shape index (κ2) is 20.0. The van der Waals surface area contributed by atoms with E-state index in [2.05, 4.69) is 157 Å². The van der Waals surface area contributed by atoms with Gasteiger partial charge in [-0.05, 0) is 59.3 Å². The maximum absolute atomic E-state index is 4.93. The van der Waals surface area contributed by atoms with Crippen LogP contribution < -0.4 is 0 Å². The Balaban J connectivity index is 0.000000192. The molecule has 49 heavy (non-hydrogen) atoms. The molecular formula is C45H52Cl2SiZr. The van der Waals surface area contributed by atoms with Crippen LogP contribution in [0.1, 0.15) is 100 Å². The van der Waals surface area contributed by atoms with E-state index < -0.39 is 20.8 Å². The molecule has 1 aliphatic carbocycles. The molecule has 0 amide bonds. The molecule has 0 bridgehead atoms. The van der Waals surface area contributed by atoms with Crippen LogP contribution >= 0.6 is 17.0 Å². The van der Waals surface area contributed by atoms with E-state index in [1.165, 1.54) is 86.2 Å². The SMILES string of the molecule is CC(C)c1ccc(-c2cccc3[cH-]c(C4CCCC4)cc23)cc1.CCc1cc2c(-c3ccc(C(C)C)cc3)cccc2[cH-]1.C[Si]C.[Cl][Zr+2][Cl]. The Kier molecular flexibility index (Phi) is 16.1. The summed E-state index contributed by atoms with van der Waals surface area (Å²) in [4.78, 5) is 0. The first-order valence-electron chi connectivity index (χ1n) is 17.9. The Morgan fingerprint density at radius 1 is 0.673 bits per heavy atom. The molecule has 1 aliphatic rings. The molecule has 254 valence electrons. The molecule has 0 heterocycles. The molecule has 4 heteroatoms. The molecule has 6 aromatic carbocycles. The van der Waals surface area contributed by atoms with Crippen LogP contribution in [0.5, 0.6) is 0 Å². The normalized spacial score (nSPS) is 12.6. The Morgan fingerprint density at radius 2 is 1.10 bits per heavy atom. The van der Waals surface area contributed by atoms with E-state index in [0.717, 1.165) is 21.9 Å². The predicted molar refractivity (Wildman–Crippen MR) is 218 cm³/mol. The van der Waals surface area contributed by atoms with E-state index in [9.17, 15) is 0 Å². The van der Waals surface area contributed by atoms with E-state index in [-0.39, 0.29) is 0 Å². The maximum atomic E-state index is 4.93. The van der Waals surface area contributed by atoms with E-state index in [4.69, 9.17) is 17.0 Å². The van der Waals surface area contributed by atoms with E-state index in [1.54, 1.807) is 5.56 Å². The second-order valence-electron chi connectivity index (χ2n) is 13.7.